The Bertz CT molecular complexity index is 895. The summed E-state index contributed by atoms with van der Waals surface area (Å²) in [5.74, 6) is -0.383. The Kier molecular flexibility index (Phi) is 4.12. The zero-order chi connectivity index (χ0) is 16.4. The number of hydrazone groups is 1. The van der Waals surface area contributed by atoms with Gasteiger partial charge in [-0.05, 0) is 13.0 Å². The van der Waals surface area contributed by atoms with E-state index in [2.05, 4.69) is 32.2 Å². The molecule has 23 heavy (non-hydrogen) atoms. The number of hydrogen-bond acceptors (Lipinski definition) is 6. The van der Waals surface area contributed by atoms with Crippen LogP contribution in [0.5, 0.6) is 0 Å². The number of fused-ring (bicyclic) bond motifs is 1. The van der Waals surface area contributed by atoms with Crippen LogP contribution in [0, 0.1) is 6.92 Å². The van der Waals surface area contributed by atoms with Crippen LogP contribution < -0.4 is 5.43 Å². The van der Waals surface area contributed by atoms with Gasteiger partial charge in [0.25, 0.3) is 0 Å². The number of aryl methyl sites for hydroxylation is 2. The molecule has 0 aliphatic heterocycles. The molecule has 0 unspecified atom stereocenters. The normalized spacial score (nSPS) is 11.3. The predicted molar refractivity (Wildman–Crippen MR) is 92.3 cm³/mol. The predicted octanol–water partition coefficient (Wildman–Crippen LogP) is 3.18. The van der Waals surface area contributed by atoms with E-state index in [4.69, 9.17) is 4.74 Å². The number of para-hydroxylation sites is 1. The zero-order valence-electron chi connectivity index (χ0n) is 13.0. The van der Waals surface area contributed by atoms with Crippen molar-refractivity contribution in [2.75, 3.05) is 12.5 Å². The van der Waals surface area contributed by atoms with Crippen LogP contribution in [0.3, 0.4) is 0 Å². The fraction of sp³-hybridized carbons (Fsp3) is 0.188. The molecular weight excluding hydrogens is 312 g/mol. The number of rotatable bonds is 4. The van der Waals surface area contributed by atoms with Crippen molar-refractivity contribution in [3.05, 3.63) is 46.6 Å². The minimum Gasteiger partial charge on any atom is -0.465 e. The minimum absolute atomic E-state index is 0.383. The summed E-state index contributed by atoms with van der Waals surface area (Å²) < 4.78 is 6.77. The van der Waals surface area contributed by atoms with Crippen molar-refractivity contribution in [1.29, 1.82) is 0 Å². The number of esters is 1. The Balaban J connectivity index is 1.80. The van der Waals surface area contributed by atoms with Crippen LogP contribution in [0.25, 0.3) is 10.9 Å². The van der Waals surface area contributed by atoms with E-state index in [1.54, 1.807) is 13.1 Å². The molecule has 1 aromatic carbocycles. The molecule has 0 fully saturated rings. The van der Waals surface area contributed by atoms with Gasteiger partial charge in [-0.1, -0.05) is 29.5 Å². The number of hydrogen-bond donors (Lipinski definition) is 1. The summed E-state index contributed by atoms with van der Waals surface area (Å²) in [5.41, 5.74) is 5.65. The second kappa shape index (κ2) is 6.21. The zero-order valence-corrected chi connectivity index (χ0v) is 13.8. The smallest absolute Gasteiger partial charge is 0.350 e. The molecule has 0 saturated carbocycles. The van der Waals surface area contributed by atoms with Crippen LogP contribution in [0.4, 0.5) is 5.13 Å². The van der Waals surface area contributed by atoms with Crippen LogP contribution in [0.15, 0.2) is 35.6 Å². The first-order valence-corrected chi connectivity index (χ1v) is 7.80. The molecule has 3 rings (SSSR count). The maximum absolute atomic E-state index is 11.6. The van der Waals surface area contributed by atoms with Gasteiger partial charge in [-0.15, -0.1) is 0 Å². The number of benzene rings is 1. The molecule has 0 aliphatic carbocycles. The highest BCUT2D eigenvalue weighted by Gasteiger charge is 2.15. The number of thiazole rings is 1. The minimum atomic E-state index is -0.383. The van der Waals surface area contributed by atoms with E-state index >= 15 is 0 Å². The van der Waals surface area contributed by atoms with Gasteiger partial charge in [-0.3, -0.25) is 5.43 Å². The van der Waals surface area contributed by atoms with E-state index in [-0.39, 0.29) is 5.97 Å². The second-order valence-corrected chi connectivity index (χ2v) is 6.01. The van der Waals surface area contributed by atoms with E-state index in [1.165, 1.54) is 18.4 Å². The third kappa shape index (κ3) is 2.95. The monoisotopic (exact) mass is 328 g/mol. The average Bonchev–Trinajstić information content (AvgIpc) is 3.08. The number of anilines is 1. The number of ether oxygens (including phenoxy) is 1. The summed E-state index contributed by atoms with van der Waals surface area (Å²) in [6.07, 6.45) is 3.76. The lowest BCUT2D eigenvalue weighted by Crippen LogP contribution is -1.99. The van der Waals surface area contributed by atoms with Crippen molar-refractivity contribution in [3.63, 3.8) is 0 Å². The Morgan fingerprint density at radius 1 is 1.43 bits per heavy atom. The fourth-order valence-electron chi connectivity index (χ4n) is 2.36. The molecule has 2 heterocycles. The molecule has 3 aromatic rings. The third-order valence-electron chi connectivity index (χ3n) is 3.46. The van der Waals surface area contributed by atoms with Crippen LogP contribution in [-0.4, -0.2) is 28.8 Å². The van der Waals surface area contributed by atoms with Crippen molar-refractivity contribution in [3.8, 4) is 0 Å². The number of carbonyl (C=O) groups is 1. The molecule has 6 nitrogen and oxygen atoms in total. The van der Waals surface area contributed by atoms with Gasteiger partial charge in [0.05, 0.1) is 19.0 Å². The van der Waals surface area contributed by atoms with Gasteiger partial charge in [0.15, 0.2) is 0 Å². The molecule has 7 heteroatoms. The fourth-order valence-corrected chi connectivity index (χ4v) is 3.19. The molecule has 0 amide bonds. The van der Waals surface area contributed by atoms with Crippen LogP contribution >= 0.6 is 11.3 Å². The third-order valence-corrected chi connectivity index (χ3v) is 4.50. The SMILES string of the molecule is COC(=O)c1sc(N/N=C\c2cn(C)c3ccccc23)nc1C. The maximum Gasteiger partial charge on any atom is 0.350 e. The number of nitrogens with zero attached hydrogens (tertiary/aromatic N) is 3. The topological polar surface area (TPSA) is 68.5 Å². The molecule has 2 aromatic heterocycles. The summed E-state index contributed by atoms with van der Waals surface area (Å²) in [5, 5.41) is 5.91. The largest absolute Gasteiger partial charge is 0.465 e. The van der Waals surface area contributed by atoms with Crippen LogP contribution in [0.2, 0.25) is 0 Å². The Morgan fingerprint density at radius 3 is 3.00 bits per heavy atom. The van der Waals surface area contributed by atoms with Gasteiger partial charge in [-0.25, -0.2) is 9.78 Å². The summed E-state index contributed by atoms with van der Waals surface area (Å²) in [6, 6.07) is 8.13. The van der Waals surface area contributed by atoms with Crippen molar-refractivity contribution >= 4 is 39.6 Å². The molecule has 118 valence electrons. The van der Waals surface area contributed by atoms with E-state index in [1.807, 2.05) is 25.4 Å². The van der Waals surface area contributed by atoms with Crippen LogP contribution in [-0.2, 0) is 11.8 Å². The summed E-state index contributed by atoms with van der Waals surface area (Å²) in [7, 11) is 3.35. The highest BCUT2D eigenvalue weighted by molar-refractivity contribution is 7.17. The first kappa shape index (κ1) is 15.2. The van der Waals surface area contributed by atoms with Gasteiger partial charge < -0.3 is 9.30 Å². The van der Waals surface area contributed by atoms with E-state index < -0.39 is 0 Å². The quantitative estimate of drug-likeness (QED) is 0.454. The molecular formula is C16H16N4O2S. The van der Waals surface area contributed by atoms with Gasteiger partial charge in [0, 0.05) is 29.7 Å². The number of nitrogens with one attached hydrogen (secondary N) is 1. The first-order valence-electron chi connectivity index (χ1n) is 6.99. The standard InChI is InChI=1S/C16H16N4O2S/c1-10-14(15(21)22-3)23-16(18-10)19-17-8-11-9-20(2)13-7-5-4-6-12(11)13/h4-9H,1-3H3,(H,18,19)/b17-8-. The lowest BCUT2D eigenvalue weighted by molar-refractivity contribution is 0.0605. The molecule has 0 aliphatic rings. The maximum atomic E-state index is 11.6. The average molecular weight is 328 g/mol. The Morgan fingerprint density at radius 2 is 2.22 bits per heavy atom. The molecule has 0 saturated heterocycles. The lowest BCUT2D eigenvalue weighted by atomic mass is 10.2. The molecule has 0 bridgehead atoms. The summed E-state index contributed by atoms with van der Waals surface area (Å²) in [4.78, 5) is 16.3. The van der Waals surface area contributed by atoms with Crippen molar-refractivity contribution in [1.82, 2.24) is 9.55 Å². The Labute approximate surface area is 137 Å². The highest BCUT2D eigenvalue weighted by Crippen LogP contribution is 2.23. The number of aromatic nitrogens is 2. The van der Waals surface area contributed by atoms with E-state index in [9.17, 15) is 4.79 Å². The van der Waals surface area contributed by atoms with Crippen molar-refractivity contribution in [2.45, 2.75) is 6.92 Å². The molecule has 0 atom stereocenters. The Hall–Kier alpha value is -2.67. The van der Waals surface area contributed by atoms with Gasteiger partial charge >= 0.3 is 5.97 Å². The highest BCUT2D eigenvalue weighted by atomic mass is 32.1. The van der Waals surface area contributed by atoms with Crippen molar-refractivity contribution in [2.24, 2.45) is 12.1 Å². The van der Waals surface area contributed by atoms with E-state index in [0.717, 1.165) is 16.5 Å². The van der Waals surface area contributed by atoms with Crippen molar-refractivity contribution < 1.29 is 9.53 Å². The second-order valence-electron chi connectivity index (χ2n) is 5.01. The van der Waals surface area contributed by atoms with Gasteiger partial charge in [0.2, 0.25) is 5.13 Å². The first-order chi connectivity index (χ1) is 11.1. The summed E-state index contributed by atoms with van der Waals surface area (Å²) in [6.45, 7) is 1.77. The number of methoxy groups -OCH3 is 1. The molecule has 1 N–H and O–H groups in total. The summed E-state index contributed by atoms with van der Waals surface area (Å²) >= 11 is 1.22. The molecule has 0 spiro atoms. The van der Waals surface area contributed by atoms with Gasteiger partial charge in [-0.2, -0.15) is 5.10 Å². The number of carbonyl (C=O) groups excluding carboxylic acids is 1. The van der Waals surface area contributed by atoms with Crippen LogP contribution in [0.1, 0.15) is 20.9 Å². The van der Waals surface area contributed by atoms with E-state index in [0.29, 0.717) is 15.7 Å². The van der Waals surface area contributed by atoms with Gasteiger partial charge in [0.1, 0.15) is 4.88 Å². The molecule has 0 radical (unpaired) electrons. The lowest BCUT2D eigenvalue weighted by Gasteiger charge is -1.94.